The van der Waals surface area contributed by atoms with Crippen molar-refractivity contribution < 1.29 is 14.7 Å². The van der Waals surface area contributed by atoms with E-state index in [0.717, 1.165) is 29.3 Å². The van der Waals surface area contributed by atoms with Crippen LogP contribution >= 0.6 is 15.9 Å². The molecule has 1 aliphatic heterocycles. The first-order valence-corrected chi connectivity index (χ1v) is 8.09. The third-order valence-electron chi connectivity index (χ3n) is 4.83. The van der Waals surface area contributed by atoms with Gasteiger partial charge in [0.15, 0.2) is 0 Å². The summed E-state index contributed by atoms with van der Waals surface area (Å²) in [5.74, 6) is -0.581. The van der Waals surface area contributed by atoms with E-state index in [1.807, 2.05) is 19.1 Å². The molecule has 1 heterocycles. The molecule has 1 N–H and O–H groups in total. The third-order valence-corrected chi connectivity index (χ3v) is 5.88. The number of aliphatic carboxylic acids is 1. The van der Waals surface area contributed by atoms with Crippen LogP contribution in [-0.2, 0) is 4.79 Å². The van der Waals surface area contributed by atoms with Crippen molar-refractivity contribution in [2.75, 3.05) is 6.54 Å². The number of rotatable bonds is 2. The fraction of sp³-hybridized carbons (Fsp3) is 0.500. The number of nitrogens with zero attached hydrogens (tertiary/aromatic N) is 1. The summed E-state index contributed by atoms with van der Waals surface area (Å²) in [5.41, 5.74) is 1.54. The Hall–Kier alpha value is -1.36. The number of carbonyl (C=O) groups excluding carboxylic acids is 1. The van der Waals surface area contributed by atoms with Crippen LogP contribution in [0.1, 0.15) is 35.2 Å². The van der Waals surface area contributed by atoms with Crippen LogP contribution in [0.5, 0.6) is 0 Å². The number of hydrogen-bond acceptors (Lipinski definition) is 2. The van der Waals surface area contributed by atoms with Gasteiger partial charge in [0, 0.05) is 11.0 Å². The molecule has 21 heavy (non-hydrogen) atoms. The molecule has 3 unspecified atom stereocenters. The smallest absolute Gasteiger partial charge is 0.326 e. The Morgan fingerprint density at radius 2 is 2.10 bits per heavy atom. The maximum absolute atomic E-state index is 12.8. The number of aryl methyl sites for hydroxylation is 1. The van der Waals surface area contributed by atoms with Gasteiger partial charge in [0.1, 0.15) is 6.04 Å². The van der Waals surface area contributed by atoms with E-state index in [0.29, 0.717) is 18.0 Å². The molecule has 0 radical (unpaired) electrons. The van der Waals surface area contributed by atoms with E-state index < -0.39 is 12.0 Å². The van der Waals surface area contributed by atoms with Gasteiger partial charge >= 0.3 is 5.97 Å². The highest BCUT2D eigenvalue weighted by Crippen LogP contribution is 2.43. The number of carbonyl (C=O) groups is 2. The molecule has 1 aromatic carbocycles. The average Bonchev–Trinajstić information content (AvgIpc) is 3.00. The Labute approximate surface area is 132 Å². The summed E-state index contributed by atoms with van der Waals surface area (Å²) in [6.45, 7) is 2.50. The van der Waals surface area contributed by atoms with Gasteiger partial charge in [0.2, 0.25) is 0 Å². The Balaban J connectivity index is 1.93. The van der Waals surface area contributed by atoms with E-state index in [1.165, 1.54) is 0 Å². The largest absolute Gasteiger partial charge is 0.480 e. The SMILES string of the molecule is Cc1cccc(C(=O)N2CC3CCCC3C2C(=O)O)c1Br. The van der Waals surface area contributed by atoms with E-state index in [9.17, 15) is 14.7 Å². The van der Waals surface area contributed by atoms with Crippen molar-refractivity contribution >= 4 is 27.8 Å². The van der Waals surface area contributed by atoms with Crippen LogP contribution in [0.15, 0.2) is 22.7 Å². The molecule has 112 valence electrons. The van der Waals surface area contributed by atoms with Gasteiger partial charge in [-0.05, 0) is 59.2 Å². The van der Waals surface area contributed by atoms with Crippen LogP contribution in [-0.4, -0.2) is 34.5 Å². The number of fused-ring (bicyclic) bond motifs is 1. The zero-order valence-corrected chi connectivity index (χ0v) is 13.5. The average molecular weight is 352 g/mol. The molecule has 0 aromatic heterocycles. The van der Waals surface area contributed by atoms with Gasteiger partial charge < -0.3 is 10.0 Å². The lowest BCUT2D eigenvalue weighted by atomic mass is 9.94. The molecule has 2 aliphatic rings. The number of carboxylic acid groups (broad SMARTS) is 1. The van der Waals surface area contributed by atoms with E-state index in [4.69, 9.17) is 0 Å². The molecular formula is C16H18BrNO3. The third kappa shape index (κ3) is 2.37. The number of likely N-dealkylation sites (tertiary alicyclic amines) is 1. The molecule has 4 nitrogen and oxygen atoms in total. The summed E-state index contributed by atoms with van der Waals surface area (Å²) in [7, 11) is 0. The number of benzene rings is 1. The van der Waals surface area contributed by atoms with Crippen molar-refractivity contribution in [1.82, 2.24) is 4.90 Å². The maximum Gasteiger partial charge on any atom is 0.326 e. The molecule has 0 spiro atoms. The number of carboxylic acids is 1. The van der Waals surface area contributed by atoms with Crippen LogP contribution in [0.4, 0.5) is 0 Å². The van der Waals surface area contributed by atoms with Crippen LogP contribution in [0, 0.1) is 18.8 Å². The minimum absolute atomic E-state index is 0.120. The molecule has 2 fully saturated rings. The summed E-state index contributed by atoms with van der Waals surface area (Å²) in [6.07, 6.45) is 3.03. The topological polar surface area (TPSA) is 57.6 Å². The first-order valence-electron chi connectivity index (χ1n) is 7.29. The van der Waals surface area contributed by atoms with Gasteiger partial charge in [-0.1, -0.05) is 18.6 Å². The molecule has 1 aromatic rings. The first-order chi connectivity index (χ1) is 10.0. The van der Waals surface area contributed by atoms with Crippen molar-refractivity contribution in [2.24, 2.45) is 11.8 Å². The van der Waals surface area contributed by atoms with E-state index in [1.54, 1.807) is 11.0 Å². The lowest BCUT2D eigenvalue weighted by Gasteiger charge is -2.25. The van der Waals surface area contributed by atoms with Gasteiger partial charge in [0.25, 0.3) is 5.91 Å². The molecule has 1 saturated carbocycles. The van der Waals surface area contributed by atoms with Crippen molar-refractivity contribution in [3.05, 3.63) is 33.8 Å². The Bertz CT molecular complexity index is 601. The number of hydrogen-bond donors (Lipinski definition) is 1. The molecule has 3 rings (SSSR count). The van der Waals surface area contributed by atoms with Crippen molar-refractivity contribution in [3.8, 4) is 0 Å². The van der Waals surface area contributed by atoms with Crippen molar-refractivity contribution in [1.29, 1.82) is 0 Å². The van der Waals surface area contributed by atoms with Gasteiger partial charge in [0.05, 0.1) is 5.56 Å². The number of halogens is 1. The van der Waals surface area contributed by atoms with Crippen molar-refractivity contribution in [2.45, 2.75) is 32.2 Å². The standard InChI is InChI=1S/C16H18BrNO3/c1-9-4-2-7-12(13(9)17)15(19)18-8-10-5-3-6-11(10)14(18)16(20)21/h2,4,7,10-11,14H,3,5-6,8H2,1H3,(H,20,21). The van der Waals surface area contributed by atoms with Crippen LogP contribution in [0.2, 0.25) is 0 Å². The molecule has 0 bridgehead atoms. The fourth-order valence-electron chi connectivity index (χ4n) is 3.80. The highest BCUT2D eigenvalue weighted by molar-refractivity contribution is 9.10. The summed E-state index contributed by atoms with van der Waals surface area (Å²) in [6, 6.07) is 4.85. The Morgan fingerprint density at radius 3 is 2.81 bits per heavy atom. The summed E-state index contributed by atoms with van der Waals surface area (Å²) in [4.78, 5) is 26.0. The quantitative estimate of drug-likeness (QED) is 0.890. The monoisotopic (exact) mass is 351 g/mol. The lowest BCUT2D eigenvalue weighted by Crippen LogP contribution is -2.43. The molecular weight excluding hydrogens is 334 g/mol. The molecule has 3 atom stereocenters. The molecule has 1 amide bonds. The predicted molar refractivity (Wildman–Crippen MR) is 82.2 cm³/mol. The van der Waals surface area contributed by atoms with Gasteiger partial charge in [-0.3, -0.25) is 4.79 Å². The van der Waals surface area contributed by atoms with E-state index >= 15 is 0 Å². The van der Waals surface area contributed by atoms with E-state index in [-0.39, 0.29) is 11.8 Å². The number of amides is 1. The summed E-state index contributed by atoms with van der Waals surface area (Å²) < 4.78 is 0.760. The van der Waals surface area contributed by atoms with Gasteiger partial charge in [-0.25, -0.2) is 4.79 Å². The van der Waals surface area contributed by atoms with E-state index in [2.05, 4.69) is 15.9 Å². The van der Waals surface area contributed by atoms with Crippen LogP contribution < -0.4 is 0 Å². The van der Waals surface area contributed by atoms with Crippen molar-refractivity contribution in [3.63, 3.8) is 0 Å². The minimum Gasteiger partial charge on any atom is -0.480 e. The molecule has 1 saturated heterocycles. The minimum atomic E-state index is -0.874. The normalized spacial score (nSPS) is 27.7. The first kappa shape index (κ1) is 14.6. The van der Waals surface area contributed by atoms with Gasteiger partial charge in [-0.2, -0.15) is 0 Å². The lowest BCUT2D eigenvalue weighted by molar-refractivity contribution is -0.142. The molecule has 5 heteroatoms. The van der Waals surface area contributed by atoms with Crippen LogP contribution in [0.3, 0.4) is 0 Å². The second-order valence-electron chi connectivity index (χ2n) is 6.03. The van der Waals surface area contributed by atoms with Gasteiger partial charge in [-0.15, -0.1) is 0 Å². The fourth-order valence-corrected chi connectivity index (χ4v) is 4.23. The highest BCUT2D eigenvalue weighted by Gasteiger charge is 2.49. The zero-order chi connectivity index (χ0) is 15.1. The molecule has 1 aliphatic carbocycles. The predicted octanol–water partition coefficient (Wildman–Crippen LogP) is 3.08. The summed E-state index contributed by atoms with van der Waals surface area (Å²) >= 11 is 3.45. The Kier molecular flexibility index (Phi) is 3.78. The second-order valence-corrected chi connectivity index (χ2v) is 6.82. The Morgan fingerprint density at radius 1 is 1.33 bits per heavy atom. The van der Waals surface area contributed by atoms with Crippen LogP contribution in [0.25, 0.3) is 0 Å². The highest BCUT2D eigenvalue weighted by atomic mass is 79.9. The zero-order valence-electron chi connectivity index (χ0n) is 11.9. The second kappa shape index (κ2) is 5.44. The summed E-state index contributed by atoms with van der Waals surface area (Å²) in [5, 5.41) is 9.54. The maximum atomic E-state index is 12.8.